The van der Waals surface area contributed by atoms with Gasteiger partial charge in [0.15, 0.2) is 5.65 Å². The zero-order chi connectivity index (χ0) is 20.0. The molecule has 148 valence electrons. The molecular formula is C19H25N7O2. The molecule has 1 saturated heterocycles. The summed E-state index contributed by atoms with van der Waals surface area (Å²) in [6.45, 7) is 7.57. The molecule has 28 heavy (non-hydrogen) atoms. The molecule has 0 bridgehead atoms. The van der Waals surface area contributed by atoms with Crippen molar-refractivity contribution in [1.82, 2.24) is 33.8 Å². The second kappa shape index (κ2) is 6.88. The van der Waals surface area contributed by atoms with Crippen LogP contribution in [0.4, 0.5) is 0 Å². The van der Waals surface area contributed by atoms with Gasteiger partial charge in [-0.25, -0.2) is 19.0 Å². The third-order valence-corrected chi connectivity index (χ3v) is 5.37. The minimum atomic E-state index is -0.111. The number of carbonyl (C=O) groups excluding carboxylic acids is 1. The highest BCUT2D eigenvalue weighted by Gasteiger charge is 2.30. The van der Waals surface area contributed by atoms with Gasteiger partial charge in [0.25, 0.3) is 5.91 Å². The monoisotopic (exact) mass is 383 g/mol. The SMILES string of the molecule is CCn1c(C2CCCN(C(=O)c3cc(C)n4nc(C)cc4n3)C2)nn(C)c1=O. The third-order valence-electron chi connectivity index (χ3n) is 5.37. The van der Waals surface area contributed by atoms with Gasteiger partial charge >= 0.3 is 5.69 Å². The Morgan fingerprint density at radius 1 is 1.25 bits per heavy atom. The Morgan fingerprint density at radius 2 is 2.04 bits per heavy atom. The summed E-state index contributed by atoms with van der Waals surface area (Å²) in [5.41, 5.74) is 2.74. The second-order valence-electron chi connectivity index (χ2n) is 7.44. The summed E-state index contributed by atoms with van der Waals surface area (Å²) in [6.07, 6.45) is 1.78. The molecule has 0 aromatic carbocycles. The van der Waals surface area contributed by atoms with Gasteiger partial charge in [-0.3, -0.25) is 9.36 Å². The van der Waals surface area contributed by atoms with Crippen molar-refractivity contribution in [1.29, 1.82) is 0 Å². The highest BCUT2D eigenvalue weighted by Crippen LogP contribution is 2.26. The lowest BCUT2D eigenvalue weighted by atomic mass is 9.96. The number of piperidine rings is 1. The number of nitrogens with zero attached hydrogens (tertiary/aromatic N) is 7. The number of aromatic nitrogens is 6. The summed E-state index contributed by atoms with van der Waals surface area (Å²) in [4.78, 5) is 31.7. The zero-order valence-corrected chi connectivity index (χ0v) is 16.7. The molecule has 9 nitrogen and oxygen atoms in total. The Balaban J connectivity index is 1.62. The molecule has 1 amide bonds. The molecule has 0 saturated carbocycles. The molecule has 0 aliphatic carbocycles. The van der Waals surface area contributed by atoms with Crippen molar-refractivity contribution in [3.8, 4) is 0 Å². The minimum Gasteiger partial charge on any atom is -0.337 e. The van der Waals surface area contributed by atoms with E-state index in [1.54, 1.807) is 22.2 Å². The summed E-state index contributed by atoms with van der Waals surface area (Å²) in [7, 11) is 1.67. The molecule has 1 fully saturated rings. The molecule has 1 aliphatic heterocycles. The van der Waals surface area contributed by atoms with E-state index in [1.165, 1.54) is 4.68 Å². The van der Waals surface area contributed by atoms with E-state index in [4.69, 9.17) is 0 Å². The van der Waals surface area contributed by atoms with Crippen molar-refractivity contribution in [2.45, 2.75) is 46.1 Å². The number of amides is 1. The fourth-order valence-corrected chi connectivity index (χ4v) is 4.01. The number of fused-ring (bicyclic) bond motifs is 1. The summed E-state index contributed by atoms with van der Waals surface area (Å²) in [5, 5.41) is 8.82. The standard InChI is InChI=1S/C19H25N7O2/c1-5-25-17(22-23(4)19(25)28)14-7-6-8-24(11-14)18(27)15-10-13(3)26-16(20-15)9-12(2)21-26/h9-10,14H,5-8,11H2,1-4H3. The highest BCUT2D eigenvalue weighted by molar-refractivity contribution is 5.93. The molecule has 1 unspecified atom stereocenters. The van der Waals surface area contributed by atoms with E-state index >= 15 is 0 Å². The summed E-state index contributed by atoms with van der Waals surface area (Å²) in [5.74, 6) is 0.725. The average Bonchev–Trinajstić information content (AvgIpc) is 3.20. The molecule has 4 rings (SSSR count). The molecule has 1 aliphatic rings. The molecule has 0 radical (unpaired) electrons. The first-order valence-electron chi connectivity index (χ1n) is 9.66. The third kappa shape index (κ3) is 3.00. The van der Waals surface area contributed by atoms with Crippen molar-refractivity contribution in [3.63, 3.8) is 0 Å². The van der Waals surface area contributed by atoms with Crippen molar-refractivity contribution in [2.24, 2.45) is 7.05 Å². The van der Waals surface area contributed by atoms with Crippen LogP contribution in [0.5, 0.6) is 0 Å². The van der Waals surface area contributed by atoms with Gasteiger partial charge in [0.05, 0.1) is 5.69 Å². The number of aryl methyl sites for hydroxylation is 3. The maximum atomic E-state index is 13.1. The average molecular weight is 383 g/mol. The number of hydrogen-bond acceptors (Lipinski definition) is 5. The highest BCUT2D eigenvalue weighted by atomic mass is 16.2. The largest absolute Gasteiger partial charge is 0.345 e. The van der Waals surface area contributed by atoms with Crippen LogP contribution < -0.4 is 5.69 Å². The van der Waals surface area contributed by atoms with Gasteiger partial charge in [0.1, 0.15) is 11.5 Å². The van der Waals surface area contributed by atoms with E-state index in [2.05, 4.69) is 15.2 Å². The van der Waals surface area contributed by atoms with Crippen molar-refractivity contribution >= 4 is 11.6 Å². The second-order valence-corrected chi connectivity index (χ2v) is 7.44. The van der Waals surface area contributed by atoms with Gasteiger partial charge in [-0.15, -0.1) is 0 Å². The van der Waals surface area contributed by atoms with Gasteiger partial charge < -0.3 is 4.90 Å². The molecule has 3 aromatic rings. The first kappa shape index (κ1) is 18.4. The lowest BCUT2D eigenvalue weighted by Gasteiger charge is -2.32. The Hall–Kier alpha value is -2.97. The first-order valence-corrected chi connectivity index (χ1v) is 9.66. The number of likely N-dealkylation sites (tertiary alicyclic amines) is 1. The van der Waals surface area contributed by atoms with Crippen LogP contribution in [0.2, 0.25) is 0 Å². The molecule has 9 heteroatoms. The van der Waals surface area contributed by atoms with Gasteiger partial charge in [0, 0.05) is 44.4 Å². The summed E-state index contributed by atoms with van der Waals surface area (Å²) >= 11 is 0. The van der Waals surface area contributed by atoms with Crippen LogP contribution in [0.15, 0.2) is 16.9 Å². The van der Waals surface area contributed by atoms with Gasteiger partial charge in [-0.1, -0.05) is 0 Å². The van der Waals surface area contributed by atoms with E-state index in [1.807, 2.05) is 31.7 Å². The van der Waals surface area contributed by atoms with E-state index in [9.17, 15) is 9.59 Å². The minimum absolute atomic E-state index is 0.0496. The maximum absolute atomic E-state index is 13.1. The van der Waals surface area contributed by atoms with Gasteiger partial charge in [-0.05, 0) is 39.7 Å². The van der Waals surface area contributed by atoms with Gasteiger partial charge in [-0.2, -0.15) is 10.2 Å². The lowest BCUT2D eigenvalue weighted by molar-refractivity contribution is 0.0697. The van der Waals surface area contributed by atoms with Crippen molar-refractivity contribution in [3.05, 3.63) is 45.5 Å². The van der Waals surface area contributed by atoms with E-state index in [0.717, 1.165) is 30.1 Å². The quantitative estimate of drug-likeness (QED) is 0.680. The molecule has 3 aromatic heterocycles. The summed E-state index contributed by atoms with van der Waals surface area (Å²) in [6, 6.07) is 3.66. The van der Waals surface area contributed by atoms with Crippen LogP contribution >= 0.6 is 0 Å². The van der Waals surface area contributed by atoms with Crippen LogP contribution in [0, 0.1) is 13.8 Å². The lowest BCUT2D eigenvalue weighted by Crippen LogP contribution is -2.40. The number of hydrogen-bond donors (Lipinski definition) is 0. The van der Waals surface area contributed by atoms with Crippen LogP contribution in [0.3, 0.4) is 0 Å². The predicted octanol–water partition coefficient (Wildman–Crippen LogP) is 1.28. The number of carbonyl (C=O) groups is 1. The zero-order valence-electron chi connectivity index (χ0n) is 16.7. The molecule has 4 heterocycles. The van der Waals surface area contributed by atoms with Crippen LogP contribution in [0.1, 0.15) is 53.4 Å². The van der Waals surface area contributed by atoms with Gasteiger partial charge in [0.2, 0.25) is 0 Å². The topological polar surface area (TPSA) is 90.3 Å². The van der Waals surface area contributed by atoms with Crippen molar-refractivity contribution < 1.29 is 4.79 Å². The normalized spacial score (nSPS) is 17.4. The van der Waals surface area contributed by atoms with E-state index in [0.29, 0.717) is 31.0 Å². The predicted molar refractivity (Wildman–Crippen MR) is 103 cm³/mol. The fourth-order valence-electron chi connectivity index (χ4n) is 4.01. The van der Waals surface area contributed by atoms with Crippen molar-refractivity contribution in [2.75, 3.05) is 13.1 Å². The maximum Gasteiger partial charge on any atom is 0.345 e. The molecule has 1 atom stereocenters. The molecular weight excluding hydrogens is 358 g/mol. The Morgan fingerprint density at radius 3 is 2.79 bits per heavy atom. The van der Waals surface area contributed by atoms with E-state index in [-0.39, 0.29) is 17.5 Å². The Labute approximate surface area is 162 Å². The number of rotatable bonds is 3. The molecule has 0 spiro atoms. The fraction of sp³-hybridized carbons (Fsp3) is 0.526. The van der Waals surface area contributed by atoms with Crippen LogP contribution in [0.25, 0.3) is 5.65 Å². The smallest absolute Gasteiger partial charge is 0.337 e. The van der Waals surface area contributed by atoms with E-state index < -0.39 is 0 Å². The molecule has 0 N–H and O–H groups in total. The van der Waals surface area contributed by atoms with Crippen LogP contribution in [-0.4, -0.2) is 52.8 Å². The Bertz CT molecular complexity index is 1110. The summed E-state index contributed by atoms with van der Waals surface area (Å²) < 4.78 is 4.82. The van der Waals surface area contributed by atoms with Crippen LogP contribution in [-0.2, 0) is 13.6 Å². The first-order chi connectivity index (χ1) is 13.4. The Kier molecular flexibility index (Phi) is 4.52.